The van der Waals surface area contributed by atoms with Crippen molar-refractivity contribution in [2.24, 2.45) is 11.8 Å². The van der Waals surface area contributed by atoms with E-state index in [1.807, 2.05) is 0 Å². The smallest absolute Gasteiger partial charge is 0.0222 e. The van der Waals surface area contributed by atoms with Gasteiger partial charge >= 0.3 is 0 Å². The number of rotatable bonds is 0. The Bertz CT molecular complexity index is 329. The van der Waals surface area contributed by atoms with Crippen LogP contribution in [0.25, 0.3) is 0 Å². The van der Waals surface area contributed by atoms with Crippen LogP contribution in [0.2, 0.25) is 0 Å². The third-order valence-corrected chi connectivity index (χ3v) is 6.67. The third-order valence-electron chi connectivity index (χ3n) is 6.67. The van der Waals surface area contributed by atoms with Crippen LogP contribution in [-0.2, 0) is 0 Å². The van der Waals surface area contributed by atoms with E-state index in [1.165, 1.54) is 71.1 Å². The molecule has 0 saturated carbocycles. The fourth-order valence-corrected chi connectivity index (χ4v) is 5.55. The Morgan fingerprint density at radius 3 is 2.83 bits per heavy atom. The van der Waals surface area contributed by atoms with Crippen molar-refractivity contribution in [3.05, 3.63) is 0 Å². The van der Waals surface area contributed by atoms with E-state index in [9.17, 15) is 0 Å². The van der Waals surface area contributed by atoms with Gasteiger partial charge in [0, 0.05) is 24.7 Å². The molecule has 0 N–H and O–H groups in total. The maximum Gasteiger partial charge on any atom is 0.0222 e. The van der Waals surface area contributed by atoms with Gasteiger partial charge in [-0.3, -0.25) is 9.80 Å². The van der Waals surface area contributed by atoms with E-state index in [0.717, 1.165) is 17.9 Å². The Morgan fingerprint density at radius 2 is 1.89 bits per heavy atom. The van der Waals surface area contributed by atoms with E-state index in [1.54, 1.807) is 0 Å². The van der Waals surface area contributed by atoms with Gasteiger partial charge in [0.05, 0.1) is 0 Å². The van der Waals surface area contributed by atoms with Crippen molar-refractivity contribution in [3.8, 4) is 0 Å². The number of piperidine rings is 4. The molecule has 18 heavy (non-hydrogen) atoms. The van der Waals surface area contributed by atoms with Gasteiger partial charge in [-0.25, -0.2) is 0 Å². The summed E-state index contributed by atoms with van der Waals surface area (Å²) in [4.78, 5) is 5.76. The molecule has 2 nitrogen and oxygen atoms in total. The number of nitrogens with zero attached hydrogens (tertiary/aromatic N) is 2. The molecule has 0 radical (unpaired) electrons. The molecule has 0 unspecified atom stereocenters. The van der Waals surface area contributed by atoms with Gasteiger partial charge in [0.25, 0.3) is 0 Å². The second-order valence-corrected chi connectivity index (χ2v) is 7.51. The number of hydrogen-bond donors (Lipinski definition) is 0. The number of fused-ring (bicyclic) bond motifs is 6. The Hall–Kier alpha value is -0.0800. The van der Waals surface area contributed by atoms with Crippen LogP contribution in [0.1, 0.15) is 51.9 Å². The highest BCUT2D eigenvalue weighted by Crippen LogP contribution is 2.48. The van der Waals surface area contributed by atoms with Crippen LogP contribution >= 0.6 is 0 Å². The lowest BCUT2D eigenvalue weighted by molar-refractivity contribution is -0.116. The Labute approximate surface area is 112 Å². The lowest BCUT2D eigenvalue weighted by Gasteiger charge is -2.62. The SMILES string of the molecule is C[C@@]12CCCCN1C[C@@H]1C[C@H]2CN2CCCC[C@@H]12. The largest absolute Gasteiger partial charge is 0.300 e. The molecule has 2 heteroatoms. The van der Waals surface area contributed by atoms with Gasteiger partial charge in [-0.2, -0.15) is 0 Å². The average molecular weight is 248 g/mol. The molecular weight excluding hydrogens is 220 g/mol. The molecule has 0 aromatic carbocycles. The predicted molar refractivity (Wildman–Crippen MR) is 74.6 cm³/mol. The molecule has 4 rings (SSSR count). The molecule has 2 bridgehead atoms. The summed E-state index contributed by atoms with van der Waals surface area (Å²) in [5, 5.41) is 0. The fourth-order valence-electron chi connectivity index (χ4n) is 5.55. The van der Waals surface area contributed by atoms with E-state index in [-0.39, 0.29) is 0 Å². The van der Waals surface area contributed by atoms with E-state index in [2.05, 4.69) is 16.7 Å². The molecule has 102 valence electrons. The first-order valence-corrected chi connectivity index (χ1v) is 8.26. The summed E-state index contributed by atoms with van der Waals surface area (Å²) in [6.07, 6.45) is 10.3. The molecule has 0 aromatic rings. The van der Waals surface area contributed by atoms with Crippen LogP contribution in [0.5, 0.6) is 0 Å². The summed E-state index contributed by atoms with van der Waals surface area (Å²) in [7, 11) is 0. The maximum absolute atomic E-state index is 2.89. The second kappa shape index (κ2) is 4.21. The topological polar surface area (TPSA) is 6.48 Å². The average Bonchev–Trinajstić information content (AvgIpc) is 2.40. The molecule has 4 aliphatic heterocycles. The van der Waals surface area contributed by atoms with Crippen LogP contribution in [0.15, 0.2) is 0 Å². The molecule has 4 fully saturated rings. The summed E-state index contributed by atoms with van der Waals surface area (Å²) in [5.74, 6) is 1.96. The molecule has 0 aromatic heterocycles. The first-order chi connectivity index (χ1) is 8.77. The van der Waals surface area contributed by atoms with Crippen LogP contribution in [0.4, 0.5) is 0 Å². The zero-order valence-electron chi connectivity index (χ0n) is 11.9. The lowest BCUT2D eigenvalue weighted by Crippen LogP contribution is -2.68. The van der Waals surface area contributed by atoms with Gasteiger partial charge in [0.1, 0.15) is 0 Å². The van der Waals surface area contributed by atoms with E-state index >= 15 is 0 Å². The second-order valence-electron chi connectivity index (χ2n) is 7.51. The normalized spacial score (nSPS) is 49.5. The molecule has 0 spiro atoms. The fraction of sp³-hybridized carbons (Fsp3) is 1.00. The van der Waals surface area contributed by atoms with Crippen molar-refractivity contribution in [2.75, 3.05) is 26.2 Å². The quantitative estimate of drug-likeness (QED) is 0.650. The minimum Gasteiger partial charge on any atom is -0.300 e. The first kappa shape index (κ1) is 11.7. The van der Waals surface area contributed by atoms with Crippen LogP contribution < -0.4 is 0 Å². The standard InChI is InChI=1S/C16H28N2/c1-16-7-3-5-9-18(16)11-13-10-14(16)12-17-8-4-2-6-15(13)17/h13-15H,2-12H2,1H3/t13-,14-,15-,16-/m0/s1. The number of hydrogen-bond acceptors (Lipinski definition) is 2. The van der Waals surface area contributed by atoms with Crippen molar-refractivity contribution < 1.29 is 0 Å². The molecular formula is C16H28N2. The van der Waals surface area contributed by atoms with Gasteiger partial charge in [-0.1, -0.05) is 12.8 Å². The zero-order valence-corrected chi connectivity index (χ0v) is 11.9. The summed E-state index contributed by atoms with van der Waals surface area (Å²) in [6, 6.07) is 0.946. The highest BCUT2D eigenvalue weighted by molar-refractivity contribution is 5.06. The summed E-state index contributed by atoms with van der Waals surface area (Å²) in [6.45, 7) is 8.18. The molecule has 0 aliphatic carbocycles. The monoisotopic (exact) mass is 248 g/mol. The third kappa shape index (κ3) is 1.61. The van der Waals surface area contributed by atoms with Crippen LogP contribution in [0.3, 0.4) is 0 Å². The van der Waals surface area contributed by atoms with E-state index in [4.69, 9.17) is 0 Å². The predicted octanol–water partition coefficient (Wildman–Crippen LogP) is 2.74. The van der Waals surface area contributed by atoms with Gasteiger partial charge in [0.15, 0.2) is 0 Å². The molecule has 0 amide bonds. The van der Waals surface area contributed by atoms with Crippen molar-refractivity contribution >= 4 is 0 Å². The minimum atomic E-state index is 0.553. The lowest BCUT2D eigenvalue weighted by atomic mass is 9.65. The van der Waals surface area contributed by atoms with E-state index < -0.39 is 0 Å². The van der Waals surface area contributed by atoms with Gasteiger partial charge < -0.3 is 0 Å². The van der Waals surface area contributed by atoms with Crippen molar-refractivity contribution in [1.29, 1.82) is 0 Å². The van der Waals surface area contributed by atoms with Gasteiger partial charge in [-0.05, 0) is 64.0 Å². The van der Waals surface area contributed by atoms with Gasteiger partial charge in [0.2, 0.25) is 0 Å². The molecule has 4 saturated heterocycles. The molecule has 4 aliphatic rings. The molecule has 4 atom stereocenters. The minimum absolute atomic E-state index is 0.553. The molecule has 4 heterocycles. The van der Waals surface area contributed by atoms with Gasteiger partial charge in [-0.15, -0.1) is 0 Å². The summed E-state index contributed by atoms with van der Waals surface area (Å²) >= 11 is 0. The van der Waals surface area contributed by atoms with Crippen molar-refractivity contribution in [1.82, 2.24) is 9.80 Å². The Balaban J connectivity index is 1.61. The summed E-state index contributed by atoms with van der Waals surface area (Å²) in [5.41, 5.74) is 0.553. The van der Waals surface area contributed by atoms with E-state index in [0.29, 0.717) is 5.54 Å². The Kier molecular flexibility index (Phi) is 2.74. The van der Waals surface area contributed by atoms with Crippen molar-refractivity contribution in [3.63, 3.8) is 0 Å². The maximum atomic E-state index is 2.89. The summed E-state index contributed by atoms with van der Waals surface area (Å²) < 4.78 is 0. The highest BCUT2D eigenvalue weighted by Gasteiger charge is 2.52. The van der Waals surface area contributed by atoms with Crippen LogP contribution in [-0.4, -0.2) is 47.6 Å². The van der Waals surface area contributed by atoms with Crippen molar-refractivity contribution in [2.45, 2.75) is 63.5 Å². The first-order valence-electron chi connectivity index (χ1n) is 8.26. The Morgan fingerprint density at radius 1 is 1.00 bits per heavy atom. The zero-order chi connectivity index (χ0) is 12.2. The highest BCUT2D eigenvalue weighted by atomic mass is 15.3. The van der Waals surface area contributed by atoms with Crippen LogP contribution in [0, 0.1) is 11.8 Å².